The normalized spacial score (nSPS) is 18.5. The molecule has 1 fully saturated rings. The fourth-order valence-electron chi connectivity index (χ4n) is 4.94. The lowest BCUT2D eigenvalue weighted by Crippen LogP contribution is -2.44. The molecule has 1 aliphatic carbocycles. The van der Waals surface area contributed by atoms with Crippen molar-refractivity contribution in [2.45, 2.75) is 31.4 Å². The Hall–Kier alpha value is -2.12. The zero-order valence-corrected chi connectivity index (χ0v) is 20.3. The number of rotatable bonds is 5. The van der Waals surface area contributed by atoms with Crippen LogP contribution in [-0.4, -0.2) is 31.7 Å². The number of aryl methyl sites for hydroxylation is 2. The first-order chi connectivity index (χ1) is 15.8. The van der Waals surface area contributed by atoms with Gasteiger partial charge in [0.15, 0.2) is 0 Å². The number of sulfonamides is 1. The number of anilines is 1. The van der Waals surface area contributed by atoms with Gasteiger partial charge in [-0.3, -0.25) is 4.79 Å². The Morgan fingerprint density at radius 1 is 1.00 bits per heavy atom. The number of nitrogens with zero attached hydrogens (tertiary/aromatic N) is 1. The summed E-state index contributed by atoms with van der Waals surface area (Å²) in [5.41, 5.74) is 3.80. The van der Waals surface area contributed by atoms with E-state index in [4.69, 9.17) is 23.2 Å². The fourth-order valence-corrected chi connectivity index (χ4v) is 7.31. The molecule has 33 heavy (non-hydrogen) atoms. The van der Waals surface area contributed by atoms with Crippen LogP contribution in [0.5, 0.6) is 0 Å². The minimum atomic E-state index is -3.67. The number of hydrogen-bond acceptors (Lipinski definition) is 3. The van der Waals surface area contributed by atoms with E-state index in [0.29, 0.717) is 35.0 Å². The van der Waals surface area contributed by atoms with E-state index < -0.39 is 15.9 Å². The van der Waals surface area contributed by atoms with Gasteiger partial charge in [-0.25, -0.2) is 12.7 Å². The molecule has 3 aromatic carbocycles. The summed E-state index contributed by atoms with van der Waals surface area (Å²) in [5.74, 6) is -0.850. The molecule has 0 bridgehead atoms. The summed E-state index contributed by atoms with van der Waals surface area (Å²) in [6.07, 6.45) is 3.31. The molecule has 1 aliphatic heterocycles. The van der Waals surface area contributed by atoms with Crippen LogP contribution in [0.2, 0.25) is 10.0 Å². The molecule has 1 saturated heterocycles. The molecule has 5 rings (SSSR count). The van der Waals surface area contributed by atoms with Gasteiger partial charge in [-0.2, -0.15) is 0 Å². The maximum absolute atomic E-state index is 13.2. The van der Waals surface area contributed by atoms with Crippen molar-refractivity contribution in [3.05, 3.63) is 75.3 Å². The van der Waals surface area contributed by atoms with Gasteiger partial charge in [-0.15, -0.1) is 0 Å². The minimum absolute atomic E-state index is 0.149. The number of benzene rings is 3. The first-order valence-electron chi connectivity index (χ1n) is 11.1. The minimum Gasteiger partial charge on any atom is -0.325 e. The Bertz CT molecular complexity index is 1330. The van der Waals surface area contributed by atoms with Gasteiger partial charge in [0.05, 0.1) is 11.7 Å². The van der Waals surface area contributed by atoms with Crippen LogP contribution in [0.4, 0.5) is 5.69 Å². The van der Waals surface area contributed by atoms with Crippen LogP contribution in [0.3, 0.4) is 0 Å². The largest absolute Gasteiger partial charge is 0.325 e. The van der Waals surface area contributed by atoms with Gasteiger partial charge < -0.3 is 5.32 Å². The summed E-state index contributed by atoms with van der Waals surface area (Å²) < 4.78 is 27.6. The summed E-state index contributed by atoms with van der Waals surface area (Å²) in [7, 11) is -3.67. The fraction of sp³-hybridized carbons (Fsp3) is 0.320. The number of carbonyl (C=O) groups is 1. The molecule has 0 spiro atoms. The van der Waals surface area contributed by atoms with Crippen LogP contribution in [0.15, 0.2) is 48.5 Å². The Balaban J connectivity index is 1.33. The van der Waals surface area contributed by atoms with Crippen molar-refractivity contribution in [3.8, 4) is 0 Å². The third-order valence-electron chi connectivity index (χ3n) is 6.67. The topological polar surface area (TPSA) is 66.5 Å². The van der Waals surface area contributed by atoms with Crippen LogP contribution in [0.25, 0.3) is 10.8 Å². The Morgan fingerprint density at radius 3 is 2.45 bits per heavy atom. The number of amides is 1. The maximum atomic E-state index is 13.2. The third-order valence-corrected chi connectivity index (χ3v) is 9.15. The Labute approximate surface area is 203 Å². The number of carbonyl (C=O) groups excluding carboxylic acids is 1. The Morgan fingerprint density at radius 2 is 1.70 bits per heavy atom. The molecule has 0 unspecified atom stereocenters. The smallest absolute Gasteiger partial charge is 0.228 e. The van der Waals surface area contributed by atoms with Crippen LogP contribution in [0, 0.1) is 5.92 Å². The molecule has 2 aliphatic rings. The van der Waals surface area contributed by atoms with Crippen LogP contribution < -0.4 is 5.32 Å². The summed E-state index contributed by atoms with van der Waals surface area (Å²) >= 11 is 12.4. The Kier molecular flexibility index (Phi) is 6.12. The molecule has 0 aromatic heterocycles. The van der Waals surface area contributed by atoms with Gasteiger partial charge in [0, 0.05) is 39.8 Å². The van der Waals surface area contributed by atoms with Gasteiger partial charge in [-0.05, 0) is 60.4 Å². The van der Waals surface area contributed by atoms with Gasteiger partial charge in [-0.1, -0.05) is 53.5 Å². The molecular weight excluding hydrogens is 479 g/mol. The second-order valence-corrected chi connectivity index (χ2v) is 11.5. The van der Waals surface area contributed by atoms with Crippen molar-refractivity contribution in [1.29, 1.82) is 0 Å². The highest BCUT2D eigenvalue weighted by atomic mass is 35.5. The highest BCUT2D eigenvalue weighted by Gasteiger charge is 2.33. The van der Waals surface area contributed by atoms with Crippen molar-refractivity contribution in [2.75, 3.05) is 18.4 Å². The zero-order valence-electron chi connectivity index (χ0n) is 18.0. The molecule has 1 atom stereocenters. The van der Waals surface area contributed by atoms with Gasteiger partial charge in [0.25, 0.3) is 0 Å². The van der Waals surface area contributed by atoms with Crippen LogP contribution >= 0.6 is 23.2 Å². The average Bonchev–Trinajstić information content (AvgIpc) is 3.23. The first-order valence-corrected chi connectivity index (χ1v) is 13.4. The highest BCUT2D eigenvalue weighted by molar-refractivity contribution is 7.88. The van der Waals surface area contributed by atoms with E-state index in [0.717, 1.165) is 23.9 Å². The average molecular weight is 503 g/mol. The molecule has 1 amide bonds. The lowest BCUT2D eigenvalue weighted by molar-refractivity contribution is -0.120. The molecule has 0 radical (unpaired) electrons. The van der Waals surface area contributed by atoms with Crippen molar-refractivity contribution in [1.82, 2.24) is 4.31 Å². The second kappa shape index (κ2) is 8.91. The van der Waals surface area contributed by atoms with E-state index in [9.17, 15) is 13.2 Å². The molecule has 5 nitrogen and oxygen atoms in total. The van der Waals surface area contributed by atoms with E-state index in [1.54, 1.807) is 18.2 Å². The van der Waals surface area contributed by atoms with Crippen molar-refractivity contribution < 1.29 is 13.2 Å². The lowest BCUT2D eigenvalue weighted by atomic mass is 9.98. The molecule has 1 N–H and O–H groups in total. The number of hydrogen-bond donors (Lipinski definition) is 1. The van der Waals surface area contributed by atoms with Crippen molar-refractivity contribution >= 4 is 55.6 Å². The van der Waals surface area contributed by atoms with Crippen LogP contribution in [0.1, 0.15) is 29.5 Å². The van der Waals surface area contributed by atoms with Crippen LogP contribution in [-0.2, 0) is 33.4 Å². The SMILES string of the molecule is O=C(Nc1ccc2c3c(cccc13)CC2)[C@@H]1CCCN(S(=O)(=O)Cc2c(Cl)cccc2Cl)C1. The standard InChI is InChI=1S/C25H24Cl2N2O3S/c26-21-7-2-8-22(27)20(21)15-33(31,32)29-13-3-5-18(14-29)25(30)28-23-12-11-17-10-9-16-4-1-6-19(23)24(16)17/h1-2,4,6-8,11-12,18H,3,5,9-10,13-15H2,(H,28,30)/t18-/m1/s1. The number of nitrogens with one attached hydrogen (secondary N) is 1. The van der Waals surface area contributed by atoms with Gasteiger partial charge >= 0.3 is 0 Å². The van der Waals surface area contributed by atoms with E-state index in [1.807, 2.05) is 18.2 Å². The second-order valence-electron chi connectivity index (χ2n) is 8.75. The first kappa shape index (κ1) is 22.7. The molecule has 0 saturated carbocycles. The lowest BCUT2D eigenvalue weighted by Gasteiger charge is -2.31. The summed E-state index contributed by atoms with van der Waals surface area (Å²) in [4.78, 5) is 13.2. The quantitative estimate of drug-likeness (QED) is 0.505. The molecule has 3 aromatic rings. The summed E-state index contributed by atoms with van der Waals surface area (Å²) in [6.45, 7) is 0.534. The number of piperidine rings is 1. The van der Waals surface area contributed by atoms with Crippen molar-refractivity contribution in [3.63, 3.8) is 0 Å². The summed E-state index contributed by atoms with van der Waals surface area (Å²) in [6, 6.07) is 15.2. The maximum Gasteiger partial charge on any atom is 0.228 e. The molecule has 8 heteroatoms. The van der Waals surface area contributed by atoms with Crippen molar-refractivity contribution in [2.24, 2.45) is 5.92 Å². The van der Waals surface area contributed by atoms with E-state index in [-0.39, 0.29) is 18.2 Å². The molecule has 172 valence electrons. The number of halogens is 2. The van der Waals surface area contributed by atoms with E-state index in [1.165, 1.54) is 20.8 Å². The third kappa shape index (κ3) is 4.37. The monoisotopic (exact) mass is 502 g/mol. The van der Waals surface area contributed by atoms with E-state index >= 15 is 0 Å². The highest BCUT2D eigenvalue weighted by Crippen LogP contribution is 2.35. The van der Waals surface area contributed by atoms with Gasteiger partial charge in [0.2, 0.25) is 15.9 Å². The molecule has 1 heterocycles. The molecular formula is C25H24Cl2N2O3S. The van der Waals surface area contributed by atoms with E-state index in [2.05, 4.69) is 17.4 Å². The van der Waals surface area contributed by atoms with Gasteiger partial charge in [0.1, 0.15) is 0 Å². The predicted octanol–water partition coefficient (Wildman–Crippen LogP) is 5.43. The zero-order chi connectivity index (χ0) is 23.2. The summed E-state index contributed by atoms with van der Waals surface area (Å²) in [5, 5.41) is 6.00. The predicted molar refractivity (Wildman–Crippen MR) is 133 cm³/mol.